The number of phosphoric acid groups is 1. The highest BCUT2D eigenvalue weighted by Crippen LogP contribution is 2.47. The smallest absolute Gasteiger partial charge is 0.462 e. The zero-order valence-corrected chi connectivity index (χ0v) is 29.5. The summed E-state index contributed by atoms with van der Waals surface area (Å²) in [5.41, 5.74) is 0. The number of unbranched alkanes of at least 4 members (excludes halogenated alkanes) is 16. The largest absolute Gasteiger partial charge is 0.472 e. The van der Waals surface area contributed by atoms with Crippen LogP contribution in [0.15, 0.2) is 0 Å². The van der Waals surface area contributed by atoms with Crippen molar-refractivity contribution in [2.45, 2.75) is 185 Å². The van der Waals surface area contributed by atoms with Crippen molar-refractivity contribution in [3.8, 4) is 0 Å². The van der Waals surface area contributed by atoms with E-state index < -0.39 is 75.7 Å². The average molecular weight is 699 g/mol. The van der Waals surface area contributed by atoms with Gasteiger partial charge in [0.25, 0.3) is 0 Å². The van der Waals surface area contributed by atoms with Crippen LogP contribution < -0.4 is 0 Å². The molecule has 0 aromatic heterocycles. The van der Waals surface area contributed by atoms with Crippen molar-refractivity contribution in [2.75, 3.05) is 13.2 Å². The van der Waals surface area contributed by atoms with Gasteiger partial charge in [-0.05, 0) is 12.8 Å². The van der Waals surface area contributed by atoms with E-state index in [-0.39, 0.29) is 12.8 Å². The van der Waals surface area contributed by atoms with Crippen LogP contribution in [0.1, 0.15) is 142 Å². The van der Waals surface area contributed by atoms with Crippen LogP contribution in [0.4, 0.5) is 0 Å². The van der Waals surface area contributed by atoms with Gasteiger partial charge in [0, 0.05) is 12.8 Å². The summed E-state index contributed by atoms with van der Waals surface area (Å²) in [6.07, 6.45) is 6.43. The molecule has 1 saturated carbocycles. The first kappa shape index (κ1) is 43.9. The van der Waals surface area contributed by atoms with E-state index in [4.69, 9.17) is 18.5 Å². The molecule has 6 atom stereocenters. The van der Waals surface area contributed by atoms with Crippen molar-refractivity contribution in [1.82, 2.24) is 0 Å². The molecule has 1 rings (SSSR count). The number of aliphatic hydroxyl groups is 5. The minimum Gasteiger partial charge on any atom is -0.462 e. The van der Waals surface area contributed by atoms with Crippen LogP contribution in [-0.2, 0) is 32.7 Å². The van der Waals surface area contributed by atoms with Gasteiger partial charge in [-0.25, -0.2) is 4.57 Å². The van der Waals surface area contributed by atoms with Crippen molar-refractivity contribution in [2.24, 2.45) is 0 Å². The Morgan fingerprint density at radius 1 is 0.574 bits per heavy atom. The Balaban J connectivity index is 2.59. The third kappa shape index (κ3) is 19.6. The molecule has 278 valence electrons. The molecular formula is C33H63O13P. The van der Waals surface area contributed by atoms with E-state index in [0.29, 0.717) is 12.8 Å². The lowest BCUT2D eigenvalue weighted by Gasteiger charge is -2.41. The molecule has 0 amide bonds. The zero-order valence-electron chi connectivity index (χ0n) is 28.6. The monoisotopic (exact) mass is 698 g/mol. The number of ether oxygens (including phenoxy) is 2. The number of hydrogen-bond acceptors (Lipinski definition) is 12. The average Bonchev–Trinajstić information content (AvgIpc) is 3.04. The Morgan fingerprint density at radius 2 is 0.957 bits per heavy atom. The van der Waals surface area contributed by atoms with E-state index in [1.54, 1.807) is 0 Å². The summed E-state index contributed by atoms with van der Waals surface area (Å²) in [5, 5.41) is 49.7. The van der Waals surface area contributed by atoms with Gasteiger partial charge in [0.2, 0.25) is 0 Å². The van der Waals surface area contributed by atoms with Crippen LogP contribution in [0.5, 0.6) is 0 Å². The molecule has 0 aliphatic heterocycles. The Hall–Kier alpha value is -1.15. The maximum absolute atomic E-state index is 12.7. The third-order valence-corrected chi connectivity index (χ3v) is 9.43. The van der Waals surface area contributed by atoms with Gasteiger partial charge >= 0.3 is 19.8 Å². The number of carbonyl (C=O) groups is 2. The molecule has 0 spiro atoms. The van der Waals surface area contributed by atoms with Crippen molar-refractivity contribution >= 4 is 19.8 Å². The van der Waals surface area contributed by atoms with Crippen LogP contribution in [0, 0.1) is 0 Å². The second-order valence-electron chi connectivity index (χ2n) is 12.7. The fourth-order valence-electron chi connectivity index (χ4n) is 5.46. The molecule has 0 bridgehead atoms. The maximum Gasteiger partial charge on any atom is 0.472 e. The van der Waals surface area contributed by atoms with Crippen molar-refractivity contribution in [1.29, 1.82) is 0 Å². The van der Waals surface area contributed by atoms with Crippen LogP contribution in [0.25, 0.3) is 0 Å². The first-order chi connectivity index (χ1) is 22.4. The molecule has 47 heavy (non-hydrogen) atoms. The fourth-order valence-corrected chi connectivity index (χ4v) is 6.43. The summed E-state index contributed by atoms with van der Waals surface area (Å²) in [6.45, 7) is 3.19. The van der Waals surface area contributed by atoms with Gasteiger partial charge in [-0.3, -0.25) is 18.6 Å². The van der Waals surface area contributed by atoms with Gasteiger partial charge in [-0.1, -0.05) is 117 Å². The fraction of sp³-hybridized carbons (Fsp3) is 0.939. The summed E-state index contributed by atoms with van der Waals surface area (Å²) < 4.78 is 33.1. The number of aliphatic hydroxyl groups excluding tert-OH is 5. The van der Waals surface area contributed by atoms with Gasteiger partial charge in [0.15, 0.2) is 6.10 Å². The number of carbonyl (C=O) groups excluding carboxylic acids is 2. The highest BCUT2D eigenvalue weighted by atomic mass is 31.2. The minimum absolute atomic E-state index is 0.102. The summed E-state index contributed by atoms with van der Waals surface area (Å²) in [6, 6.07) is 0. The quantitative estimate of drug-likeness (QED) is 0.0375. The summed E-state index contributed by atoms with van der Waals surface area (Å²) >= 11 is 0. The molecule has 13 nitrogen and oxygen atoms in total. The number of phosphoric ester groups is 1. The van der Waals surface area contributed by atoms with Crippen molar-refractivity contribution in [3.05, 3.63) is 0 Å². The maximum atomic E-state index is 12.7. The number of rotatable bonds is 28. The van der Waals surface area contributed by atoms with Crippen LogP contribution >= 0.6 is 7.82 Å². The predicted molar refractivity (Wildman–Crippen MR) is 175 cm³/mol. The molecular weight excluding hydrogens is 635 g/mol. The Labute approximate surface area is 281 Å². The summed E-state index contributed by atoms with van der Waals surface area (Å²) in [4.78, 5) is 35.2. The van der Waals surface area contributed by atoms with Gasteiger partial charge in [0.1, 0.15) is 43.2 Å². The Kier molecular flexibility index (Phi) is 24.1. The third-order valence-electron chi connectivity index (χ3n) is 8.45. The van der Waals surface area contributed by atoms with Crippen LogP contribution in [0.2, 0.25) is 0 Å². The standard InChI is InChI=1S/C33H63O13P/c1-3-5-7-9-11-13-15-17-19-21-26(34)43-23-25(45-27(35)22-20-18-16-14-12-10-8-6-4-2)24-44-47(41,42)46-33-31(39)29(37)28(36)30(38)32(33)40/h25,28-33,36-40H,3-24H2,1-2H3,(H,41,42). The molecule has 0 heterocycles. The van der Waals surface area contributed by atoms with E-state index in [2.05, 4.69) is 13.8 Å². The SMILES string of the molecule is CCCCCCCCCCCC(=O)OCC(COP(=O)(O)OC1C(O)C(O)C(O)C(O)C1O)OC(=O)CCCCCCCCCCC. The lowest BCUT2D eigenvalue weighted by molar-refractivity contribution is -0.220. The van der Waals surface area contributed by atoms with Gasteiger partial charge in [0.05, 0.1) is 6.61 Å². The molecule has 14 heteroatoms. The molecule has 6 N–H and O–H groups in total. The summed E-state index contributed by atoms with van der Waals surface area (Å²) in [5.74, 6) is -1.10. The number of esters is 2. The summed E-state index contributed by atoms with van der Waals surface area (Å²) in [7, 11) is -5.09. The molecule has 0 aromatic carbocycles. The molecule has 1 aliphatic rings. The second kappa shape index (κ2) is 25.8. The zero-order chi connectivity index (χ0) is 35.1. The normalized spacial score (nSPS) is 24.9. The lowest BCUT2D eigenvalue weighted by atomic mass is 9.85. The van der Waals surface area contributed by atoms with Crippen LogP contribution in [0.3, 0.4) is 0 Å². The van der Waals surface area contributed by atoms with Crippen molar-refractivity contribution in [3.63, 3.8) is 0 Å². The molecule has 1 aliphatic carbocycles. The van der Waals surface area contributed by atoms with E-state index in [1.165, 1.54) is 57.8 Å². The molecule has 0 aromatic rings. The molecule has 1 fully saturated rings. The highest BCUT2D eigenvalue weighted by molar-refractivity contribution is 7.47. The van der Waals surface area contributed by atoms with E-state index in [0.717, 1.165) is 44.9 Å². The Bertz CT molecular complexity index is 859. The molecule has 0 radical (unpaired) electrons. The minimum atomic E-state index is -5.09. The lowest BCUT2D eigenvalue weighted by Crippen LogP contribution is -2.64. The van der Waals surface area contributed by atoms with Gasteiger partial charge in [-0.2, -0.15) is 0 Å². The second-order valence-corrected chi connectivity index (χ2v) is 14.1. The van der Waals surface area contributed by atoms with E-state index in [1.807, 2.05) is 0 Å². The van der Waals surface area contributed by atoms with E-state index >= 15 is 0 Å². The highest BCUT2D eigenvalue weighted by Gasteiger charge is 2.51. The molecule has 6 unspecified atom stereocenters. The topological polar surface area (TPSA) is 210 Å². The molecule has 0 saturated heterocycles. The van der Waals surface area contributed by atoms with Crippen LogP contribution in [-0.4, -0.2) is 98.3 Å². The predicted octanol–water partition coefficient (Wildman–Crippen LogP) is 4.60. The van der Waals surface area contributed by atoms with Gasteiger partial charge in [-0.15, -0.1) is 0 Å². The van der Waals surface area contributed by atoms with E-state index in [9.17, 15) is 44.6 Å². The van der Waals surface area contributed by atoms with Gasteiger partial charge < -0.3 is 39.9 Å². The number of hydrogen-bond donors (Lipinski definition) is 6. The first-order valence-corrected chi connectivity index (χ1v) is 19.3. The first-order valence-electron chi connectivity index (χ1n) is 17.8. The Morgan fingerprint density at radius 3 is 1.40 bits per heavy atom. The van der Waals surface area contributed by atoms with Crippen molar-refractivity contribution < 1.29 is 63.1 Å².